The number of Topliss-reactive ketones (excluding diaryl/α,β-unsaturated/α-hetero) is 1. The van der Waals surface area contributed by atoms with E-state index in [1.807, 2.05) is 0 Å². The quantitative estimate of drug-likeness (QED) is 0.523. The molecule has 0 atom stereocenters. The molecule has 10 heteroatoms. The zero-order valence-corrected chi connectivity index (χ0v) is 15.5. The van der Waals surface area contributed by atoms with Crippen molar-refractivity contribution < 1.29 is 23.5 Å². The zero-order chi connectivity index (χ0) is 19.7. The number of aryl methyl sites for hydroxylation is 1. The fourth-order valence-electron chi connectivity index (χ4n) is 2.54. The summed E-state index contributed by atoms with van der Waals surface area (Å²) in [4.78, 5) is 52.0. The molecule has 0 bridgehead atoms. The lowest BCUT2D eigenvalue weighted by Gasteiger charge is -2.03. The Morgan fingerprint density at radius 3 is 2.70 bits per heavy atom. The third-order valence-electron chi connectivity index (χ3n) is 3.75. The lowest BCUT2D eigenvalue weighted by molar-refractivity contribution is -0.116. The number of aromatic nitrogens is 2. The van der Waals surface area contributed by atoms with Crippen molar-refractivity contribution in [3.63, 3.8) is 0 Å². The number of ketones is 1. The van der Waals surface area contributed by atoms with Crippen LogP contribution in [-0.2, 0) is 16.1 Å². The van der Waals surface area contributed by atoms with Crippen LogP contribution in [0, 0.1) is 6.92 Å². The van der Waals surface area contributed by atoms with Crippen molar-refractivity contribution in [3.05, 3.63) is 44.9 Å². The van der Waals surface area contributed by atoms with Crippen molar-refractivity contribution in [2.75, 3.05) is 12.4 Å². The van der Waals surface area contributed by atoms with Gasteiger partial charge in [0.2, 0.25) is 5.91 Å². The van der Waals surface area contributed by atoms with E-state index in [0.29, 0.717) is 16.1 Å². The molecule has 0 radical (unpaired) electrons. The summed E-state index contributed by atoms with van der Waals surface area (Å²) in [6.07, 6.45) is 0. The number of hydrogen-bond acceptors (Lipinski definition) is 8. The molecule has 1 N–H and O–H groups in total. The van der Waals surface area contributed by atoms with E-state index in [1.54, 1.807) is 6.92 Å². The molecule has 0 unspecified atom stereocenters. The molecule has 0 saturated carbocycles. The Kier molecular flexibility index (Phi) is 4.91. The lowest BCUT2D eigenvalue weighted by atomic mass is 10.2. The molecule has 0 aliphatic carbocycles. The van der Waals surface area contributed by atoms with Crippen LogP contribution in [0.2, 0.25) is 0 Å². The van der Waals surface area contributed by atoms with E-state index in [9.17, 15) is 19.2 Å². The number of hydrogen-bond donors (Lipinski definition) is 1. The van der Waals surface area contributed by atoms with Crippen molar-refractivity contribution >= 4 is 45.2 Å². The monoisotopic (exact) mass is 389 g/mol. The Labute approximate surface area is 156 Å². The molecular weight excluding hydrogens is 374 g/mol. The van der Waals surface area contributed by atoms with Gasteiger partial charge in [-0.25, -0.2) is 14.6 Å². The number of amides is 1. The number of nitrogens with one attached hydrogen (secondary N) is 1. The first kappa shape index (κ1) is 18.5. The minimum atomic E-state index is -0.734. The van der Waals surface area contributed by atoms with Gasteiger partial charge in [-0.3, -0.25) is 14.2 Å². The fourth-order valence-corrected chi connectivity index (χ4v) is 3.42. The van der Waals surface area contributed by atoms with Crippen LogP contribution in [0.3, 0.4) is 0 Å². The van der Waals surface area contributed by atoms with Gasteiger partial charge < -0.3 is 14.5 Å². The Balaban J connectivity index is 1.83. The maximum Gasteiger partial charge on any atom is 0.420 e. The molecule has 0 saturated heterocycles. The molecule has 0 spiro atoms. The second-order valence-corrected chi connectivity index (χ2v) is 6.67. The molecular formula is C17H15N3O6S. The predicted molar refractivity (Wildman–Crippen MR) is 97.3 cm³/mol. The van der Waals surface area contributed by atoms with E-state index in [2.05, 4.69) is 15.0 Å². The maximum absolute atomic E-state index is 12.3. The Morgan fingerprint density at radius 1 is 1.33 bits per heavy atom. The van der Waals surface area contributed by atoms with E-state index >= 15 is 0 Å². The molecule has 140 valence electrons. The lowest BCUT2D eigenvalue weighted by Crippen LogP contribution is -2.24. The van der Waals surface area contributed by atoms with Crippen molar-refractivity contribution in [1.29, 1.82) is 0 Å². The number of carbonyl (C=O) groups is 3. The van der Waals surface area contributed by atoms with Gasteiger partial charge in [0.25, 0.3) is 0 Å². The highest BCUT2D eigenvalue weighted by molar-refractivity contribution is 7.17. The van der Waals surface area contributed by atoms with Crippen molar-refractivity contribution in [1.82, 2.24) is 9.55 Å². The average Bonchev–Trinajstić information content (AvgIpc) is 3.13. The SMILES string of the molecule is COC(=O)c1ccc2c(c1)oc(=O)n2CC(=O)Nc1nc(C)c(C(C)=O)s1. The van der Waals surface area contributed by atoms with E-state index in [4.69, 9.17) is 4.42 Å². The van der Waals surface area contributed by atoms with Crippen LogP contribution in [0.1, 0.15) is 32.6 Å². The van der Waals surface area contributed by atoms with Crippen LogP contribution >= 0.6 is 11.3 Å². The van der Waals surface area contributed by atoms with Gasteiger partial charge in [0.15, 0.2) is 16.5 Å². The number of benzene rings is 1. The molecule has 9 nitrogen and oxygen atoms in total. The summed E-state index contributed by atoms with van der Waals surface area (Å²) >= 11 is 1.07. The number of thiazole rings is 1. The minimum absolute atomic E-state index is 0.135. The number of esters is 1. The first-order chi connectivity index (χ1) is 12.8. The highest BCUT2D eigenvalue weighted by Gasteiger charge is 2.17. The van der Waals surface area contributed by atoms with Gasteiger partial charge in [0, 0.05) is 6.92 Å². The van der Waals surface area contributed by atoms with Crippen LogP contribution in [0.25, 0.3) is 11.1 Å². The standard InChI is InChI=1S/C17H15N3O6S/c1-8-14(9(2)21)27-16(18-8)19-13(22)7-20-11-5-4-10(15(23)25-3)6-12(11)26-17(20)24/h4-6H,7H2,1-3H3,(H,18,19,22). The third-order valence-corrected chi connectivity index (χ3v) is 4.93. The number of methoxy groups -OCH3 is 1. The van der Waals surface area contributed by atoms with Crippen LogP contribution in [0.15, 0.2) is 27.4 Å². The average molecular weight is 389 g/mol. The van der Waals surface area contributed by atoms with Gasteiger partial charge in [-0.1, -0.05) is 11.3 Å². The number of ether oxygens (including phenoxy) is 1. The summed E-state index contributed by atoms with van der Waals surface area (Å²) < 4.78 is 10.9. The summed E-state index contributed by atoms with van der Waals surface area (Å²) in [6.45, 7) is 2.79. The molecule has 0 aliphatic heterocycles. The number of carbonyl (C=O) groups excluding carboxylic acids is 3. The van der Waals surface area contributed by atoms with Crippen LogP contribution < -0.4 is 11.1 Å². The van der Waals surface area contributed by atoms with E-state index < -0.39 is 17.6 Å². The van der Waals surface area contributed by atoms with E-state index in [0.717, 1.165) is 15.9 Å². The van der Waals surface area contributed by atoms with Crippen LogP contribution in [0.5, 0.6) is 0 Å². The molecule has 2 aromatic heterocycles. The van der Waals surface area contributed by atoms with Gasteiger partial charge in [0.05, 0.1) is 28.8 Å². The van der Waals surface area contributed by atoms with Gasteiger partial charge >= 0.3 is 11.7 Å². The number of fused-ring (bicyclic) bond motifs is 1. The number of oxazole rings is 1. The largest absolute Gasteiger partial charge is 0.465 e. The van der Waals surface area contributed by atoms with Crippen molar-refractivity contribution in [2.24, 2.45) is 0 Å². The molecule has 0 fully saturated rings. The Bertz CT molecular complexity index is 1120. The zero-order valence-electron chi connectivity index (χ0n) is 14.7. The molecule has 3 rings (SSSR count). The summed E-state index contributed by atoms with van der Waals surface area (Å²) in [6, 6.07) is 4.35. The van der Waals surface area contributed by atoms with Crippen LogP contribution in [-0.4, -0.2) is 34.3 Å². The van der Waals surface area contributed by atoms with Gasteiger partial charge in [-0.15, -0.1) is 0 Å². The Morgan fingerprint density at radius 2 is 2.07 bits per heavy atom. The molecule has 2 heterocycles. The Hall–Kier alpha value is -3.27. The summed E-state index contributed by atoms with van der Waals surface area (Å²) in [5.74, 6) is -1.93. The molecule has 0 aliphatic rings. The molecule has 27 heavy (non-hydrogen) atoms. The van der Waals surface area contributed by atoms with Crippen molar-refractivity contribution in [3.8, 4) is 0 Å². The molecule has 3 aromatic rings. The van der Waals surface area contributed by atoms with Gasteiger partial charge in [-0.2, -0.15) is 0 Å². The number of anilines is 1. The van der Waals surface area contributed by atoms with Crippen LogP contribution in [0.4, 0.5) is 5.13 Å². The highest BCUT2D eigenvalue weighted by atomic mass is 32.1. The van der Waals surface area contributed by atoms with E-state index in [-0.39, 0.29) is 28.6 Å². The predicted octanol–water partition coefficient (Wildman–Crippen LogP) is 1.99. The normalized spacial score (nSPS) is 10.8. The topological polar surface area (TPSA) is 120 Å². The van der Waals surface area contributed by atoms with Gasteiger partial charge in [-0.05, 0) is 25.1 Å². The molecule has 1 amide bonds. The van der Waals surface area contributed by atoms with Crippen molar-refractivity contribution in [2.45, 2.75) is 20.4 Å². The third kappa shape index (κ3) is 3.65. The second kappa shape index (κ2) is 7.16. The maximum atomic E-state index is 12.3. The summed E-state index contributed by atoms with van der Waals surface area (Å²) in [5, 5.41) is 2.84. The first-order valence-corrected chi connectivity index (χ1v) is 8.61. The molecule has 1 aromatic carbocycles. The fraction of sp³-hybridized carbons (Fsp3) is 0.235. The second-order valence-electron chi connectivity index (χ2n) is 5.67. The highest BCUT2D eigenvalue weighted by Crippen LogP contribution is 2.23. The first-order valence-electron chi connectivity index (χ1n) is 7.80. The van der Waals surface area contributed by atoms with Gasteiger partial charge in [0.1, 0.15) is 6.54 Å². The summed E-state index contributed by atoms with van der Waals surface area (Å²) in [7, 11) is 1.25. The minimum Gasteiger partial charge on any atom is -0.465 e. The summed E-state index contributed by atoms with van der Waals surface area (Å²) in [5.41, 5.74) is 1.29. The smallest absolute Gasteiger partial charge is 0.420 e. The van der Waals surface area contributed by atoms with E-state index in [1.165, 1.54) is 32.2 Å². The number of rotatable bonds is 5. The number of nitrogens with zero attached hydrogens (tertiary/aromatic N) is 2.